The van der Waals surface area contributed by atoms with Gasteiger partial charge in [-0.1, -0.05) is 13.0 Å². The van der Waals surface area contributed by atoms with Crippen LogP contribution < -0.4 is 5.73 Å². The van der Waals surface area contributed by atoms with Crippen LogP contribution in [-0.4, -0.2) is 4.98 Å². The molecule has 2 aromatic rings. The average Bonchev–Trinajstić information content (AvgIpc) is 2.49. The van der Waals surface area contributed by atoms with Crippen molar-refractivity contribution in [1.29, 1.82) is 0 Å². The summed E-state index contributed by atoms with van der Waals surface area (Å²) in [4.78, 5) is 4.50. The van der Waals surface area contributed by atoms with Crippen LogP contribution in [0.3, 0.4) is 0 Å². The minimum Gasteiger partial charge on any atom is -0.398 e. The van der Waals surface area contributed by atoms with E-state index in [-0.39, 0.29) is 0 Å². The third kappa shape index (κ3) is 1.52. The lowest BCUT2D eigenvalue weighted by atomic mass is 10.3. The van der Waals surface area contributed by atoms with Crippen LogP contribution in [0, 0.1) is 0 Å². The van der Waals surface area contributed by atoms with E-state index in [1.165, 1.54) is 5.01 Å². The maximum Gasteiger partial charge on any atom is 0.0939 e. The van der Waals surface area contributed by atoms with Crippen molar-refractivity contribution in [2.75, 3.05) is 5.73 Å². The number of fused-ring (bicyclic) bond motifs is 1. The predicted octanol–water partition coefficient (Wildman–Crippen LogP) is 2.83. The lowest BCUT2D eigenvalue weighted by Crippen LogP contribution is -1.82. The Bertz CT molecular complexity index is 420. The van der Waals surface area contributed by atoms with Crippen LogP contribution in [0.1, 0.15) is 18.4 Å². The van der Waals surface area contributed by atoms with E-state index >= 15 is 0 Å². The topological polar surface area (TPSA) is 38.9 Å². The minimum atomic E-state index is 0.845. The number of aromatic nitrogens is 1. The highest BCUT2D eigenvalue weighted by molar-refractivity contribution is 7.19. The number of aryl methyl sites for hydroxylation is 1. The molecule has 0 amide bonds. The molecule has 1 heterocycles. The molecule has 0 fully saturated rings. The Morgan fingerprint density at radius 3 is 3.00 bits per heavy atom. The van der Waals surface area contributed by atoms with Crippen LogP contribution in [0.15, 0.2) is 18.2 Å². The summed E-state index contributed by atoms with van der Waals surface area (Å²) in [6.45, 7) is 2.16. The first-order valence-electron chi connectivity index (χ1n) is 4.45. The Hall–Kier alpha value is -1.09. The van der Waals surface area contributed by atoms with Crippen LogP contribution >= 0.6 is 11.3 Å². The normalized spacial score (nSPS) is 10.8. The molecule has 0 bridgehead atoms. The van der Waals surface area contributed by atoms with Gasteiger partial charge in [-0.15, -0.1) is 11.3 Å². The smallest absolute Gasteiger partial charge is 0.0939 e. The lowest BCUT2D eigenvalue weighted by Gasteiger charge is -1.90. The molecule has 1 aromatic carbocycles. The molecule has 0 atom stereocenters. The van der Waals surface area contributed by atoms with Gasteiger partial charge in [0.2, 0.25) is 0 Å². The highest BCUT2D eigenvalue weighted by Crippen LogP contribution is 2.27. The quantitative estimate of drug-likeness (QED) is 0.743. The highest BCUT2D eigenvalue weighted by atomic mass is 32.1. The van der Waals surface area contributed by atoms with Gasteiger partial charge in [-0.3, -0.25) is 0 Å². The molecule has 68 valence electrons. The number of nitrogens with zero attached hydrogens (tertiary/aromatic N) is 1. The van der Waals surface area contributed by atoms with Crippen molar-refractivity contribution in [2.45, 2.75) is 19.8 Å². The number of hydrogen-bond donors (Lipinski definition) is 1. The summed E-state index contributed by atoms with van der Waals surface area (Å²) >= 11 is 1.71. The second-order valence-electron chi connectivity index (χ2n) is 3.05. The van der Waals surface area contributed by atoms with Crippen molar-refractivity contribution >= 4 is 27.2 Å². The maximum atomic E-state index is 5.84. The summed E-state index contributed by atoms with van der Waals surface area (Å²) in [5.41, 5.74) is 7.72. The van der Waals surface area contributed by atoms with Gasteiger partial charge in [-0.05, 0) is 25.0 Å². The SMILES string of the molecule is CCCc1nc2cccc(N)c2s1. The second kappa shape index (κ2) is 3.34. The summed E-state index contributed by atoms with van der Waals surface area (Å²) in [5.74, 6) is 0. The lowest BCUT2D eigenvalue weighted by molar-refractivity contribution is 0.913. The average molecular weight is 192 g/mol. The fourth-order valence-electron chi connectivity index (χ4n) is 1.34. The van der Waals surface area contributed by atoms with Gasteiger partial charge in [0.15, 0.2) is 0 Å². The van der Waals surface area contributed by atoms with Crippen LogP contribution in [0.2, 0.25) is 0 Å². The number of benzene rings is 1. The summed E-state index contributed by atoms with van der Waals surface area (Å²) in [6.07, 6.45) is 2.19. The van der Waals surface area contributed by atoms with Crippen LogP contribution in [-0.2, 0) is 6.42 Å². The zero-order valence-corrected chi connectivity index (χ0v) is 8.40. The molecule has 1 aromatic heterocycles. The number of anilines is 1. The Labute approximate surface area is 81.4 Å². The molecule has 0 unspecified atom stereocenters. The summed E-state index contributed by atoms with van der Waals surface area (Å²) in [7, 11) is 0. The number of nitrogens with two attached hydrogens (primary N) is 1. The maximum absolute atomic E-state index is 5.84. The molecular weight excluding hydrogens is 180 g/mol. The van der Waals surface area contributed by atoms with Crippen molar-refractivity contribution in [2.24, 2.45) is 0 Å². The van der Waals surface area contributed by atoms with Gasteiger partial charge in [0.25, 0.3) is 0 Å². The van der Waals surface area contributed by atoms with Crippen molar-refractivity contribution < 1.29 is 0 Å². The number of thiazole rings is 1. The first-order valence-corrected chi connectivity index (χ1v) is 5.27. The third-order valence-electron chi connectivity index (χ3n) is 1.95. The van der Waals surface area contributed by atoms with Crippen LogP contribution in [0.4, 0.5) is 5.69 Å². The van der Waals surface area contributed by atoms with E-state index in [4.69, 9.17) is 5.73 Å². The molecular formula is C10H12N2S. The van der Waals surface area contributed by atoms with Crippen molar-refractivity contribution in [1.82, 2.24) is 4.98 Å². The standard InChI is InChI=1S/C10H12N2S/c1-2-4-9-12-8-6-3-5-7(11)10(8)13-9/h3,5-6H,2,4,11H2,1H3. The fraction of sp³-hybridized carbons (Fsp3) is 0.300. The van der Waals surface area contributed by atoms with Crippen molar-refractivity contribution in [3.63, 3.8) is 0 Å². The van der Waals surface area contributed by atoms with E-state index in [1.807, 2.05) is 18.2 Å². The summed E-state index contributed by atoms with van der Waals surface area (Å²) in [6, 6.07) is 5.89. The Morgan fingerprint density at radius 2 is 2.31 bits per heavy atom. The highest BCUT2D eigenvalue weighted by Gasteiger charge is 2.04. The second-order valence-corrected chi connectivity index (χ2v) is 4.14. The largest absolute Gasteiger partial charge is 0.398 e. The molecule has 2 rings (SSSR count). The van der Waals surface area contributed by atoms with Crippen molar-refractivity contribution in [3.8, 4) is 0 Å². The van der Waals surface area contributed by atoms with Gasteiger partial charge in [-0.2, -0.15) is 0 Å². The van der Waals surface area contributed by atoms with E-state index in [1.54, 1.807) is 11.3 Å². The van der Waals surface area contributed by atoms with Gasteiger partial charge >= 0.3 is 0 Å². The molecule has 3 heteroatoms. The van der Waals surface area contributed by atoms with Gasteiger partial charge in [0.05, 0.1) is 20.9 Å². The predicted molar refractivity (Wildman–Crippen MR) is 58.0 cm³/mol. The number of hydrogen-bond acceptors (Lipinski definition) is 3. The molecule has 0 spiro atoms. The Balaban J connectivity index is 2.55. The van der Waals surface area contributed by atoms with E-state index in [0.29, 0.717) is 0 Å². The zero-order chi connectivity index (χ0) is 9.26. The number of rotatable bonds is 2. The van der Waals surface area contributed by atoms with Crippen molar-refractivity contribution in [3.05, 3.63) is 23.2 Å². The van der Waals surface area contributed by atoms with Gasteiger partial charge in [0.1, 0.15) is 0 Å². The molecule has 0 radical (unpaired) electrons. The van der Waals surface area contributed by atoms with E-state index in [9.17, 15) is 0 Å². The molecule has 13 heavy (non-hydrogen) atoms. The fourth-order valence-corrected chi connectivity index (χ4v) is 2.43. The monoisotopic (exact) mass is 192 g/mol. The molecule has 0 aliphatic rings. The van der Waals surface area contributed by atoms with Crippen LogP contribution in [0.5, 0.6) is 0 Å². The molecule has 0 aliphatic heterocycles. The molecule has 2 N–H and O–H groups in total. The summed E-state index contributed by atoms with van der Waals surface area (Å²) < 4.78 is 1.13. The molecule has 2 nitrogen and oxygen atoms in total. The molecule has 0 aliphatic carbocycles. The number of nitrogen functional groups attached to an aromatic ring is 1. The Morgan fingerprint density at radius 1 is 1.46 bits per heavy atom. The Kier molecular flexibility index (Phi) is 2.19. The third-order valence-corrected chi connectivity index (χ3v) is 3.13. The van der Waals surface area contributed by atoms with E-state index in [0.717, 1.165) is 28.7 Å². The van der Waals surface area contributed by atoms with Gasteiger partial charge < -0.3 is 5.73 Å². The van der Waals surface area contributed by atoms with Gasteiger partial charge in [0, 0.05) is 0 Å². The first-order chi connectivity index (χ1) is 6.31. The first kappa shape index (κ1) is 8.51. The minimum absolute atomic E-state index is 0.845. The van der Waals surface area contributed by atoms with Gasteiger partial charge in [-0.25, -0.2) is 4.98 Å². The zero-order valence-electron chi connectivity index (χ0n) is 7.58. The molecule has 0 saturated heterocycles. The molecule has 0 saturated carbocycles. The van der Waals surface area contributed by atoms with E-state index in [2.05, 4.69) is 11.9 Å². The summed E-state index contributed by atoms with van der Waals surface area (Å²) in [5, 5.41) is 1.19. The van der Waals surface area contributed by atoms with E-state index < -0.39 is 0 Å². The van der Waals surface area contributed by atoms with Crippen LogP contribution in [0.25, 0.3) is 10.2 Å².